The lowest BCUT2D eigenvalue weighted by atomic mass is 9.47. The molecule has 1 heterocycles. The predicted molar refractivity (Wildman–Crippen MR) is 270 cm³/mol. The molecule has 4 fully saturated rings. The Balaban J connectivity index is 0.893. The molecule has 9 atom stereocenters. The smallest absolute Gasteiger partial charge is 0.0936 e. The van der Waals surface area contributed by atoms with E-state index < -0.39 is 0 Å². The van der Waals surface area contributed by atoms with Gasteiger partial charge in [-0.15, -0.1) is 0 Å². The molecule has 1 aliphatic heterocycles. The maximum absolute atomic E-state index is 6.52. The van der Waals surface area contributed by atoms with Gasteiger partial charge in [0.05, 0.1) is 58.5 Å². The molecule has 0 aromatic rings. The first-order valence-corrected chi connectivity index (χ1v) is 27.9. The second-order valence-electron chi connectivity index (χ2n) is 22.4. The van der Waals surface area contributed by atoms with Crippen molar-refractivity contribution in [3.8, 4) is 0 Å². The average Bonchev–Trinajstić information content (AvgIpc) is 3.65. The number of fused-ring (bicyclic) bond motifs is 5. The third kappa shape index (κ3) is 17.8. The van der Waals surface area contributed by atoms with E-state index in [0.29, 0.717) is 50.0 Å². The summed E-state index contributed by atoms with van der Waals surface area (Å²) in [6.45, 7) is 23.5. The minimum atomic E-state index is 0.0656. The number of hydrogen-bond donors (Lipinski definition) is 0. The third-order valence-electron chi connectivity index (χ3n) is 17.3. The highest BCUT2D eigenvalue weighted by atomic mass is 16.6. The fourth-order valence-corrected chi connectivity index (χ4v) is 13.4. The van der Waals surface area contributed by atoms with Crippen LogP contribution in [0.15, 0.2) is 36.0 Å². The van der Waals surface area contributed by atoms with Crippen LogP contribution in [-0.2, 0) is 23.7 Å². The van der Waals surface area contributed by atoms with Crippen molar-refractivity contribution >= 4 is 0 Å². The third-order valence-corrected chi connectivity index (χ3v) is 17.3. The summed E-state index contributed by atoms with van der Waals surface area (Å²) in [5.74, 6) is 5.34. The Morgan fingerprint density at radius 3 is 2.19 bits per heavy atom. The van der Waals surface area contributed by atoms with Crippen LogP contribution in [0.1, 0.15) is 202 Å². The molecule has 1 saturated heterocycles. The van der Waals surface area contributed by atoms with E-state index in [0.717, 1.165) is 94.2 Å². The Labute approximate surface area is 396 Å². The molecule has 0 spiro atoms. The molecule has 0 bridgehead atoms. The van der Waals surface area contributed by atoms with Gasteiger partial charge in [-0.2, -0.15) is 0 Å². The van der Waals surface area contributed by atoms with Crippen LogP contribution >= 0.6 is 0 Å². The Morgan fingerprint density at radius 1 is 0.719 bits per heavy atom. The second kappa shape index (κ2) is 30.5. The Bertz CT molecular complexity index is 1310. The number of nitrogens with zero attached hydrogens (tertiary/aromatic N) is 1. The first-order valence-electron chi connectivity index (χ1n) is 27.9. The molecule has 0 aromatic heterocycles. The standard InChI is InChI=1S/C58H103NO5/c1-7-8-9-10-11-12-13-14-15-16-17-18-19-20-21-22-23-24-38-62-47-52(46-59-36-39-60-40-37-59)64-44-42-61-41-43-63-51-32-34-57(5)50(45-51)28-29-53-55-31-30-54(49(4)27-25-26-48(2)3)58(55,6)35-33-56(53)57/h11-12,14-15,28,48-49,51-56H,7-10,13,16-27,29-47H2,1-6H3/b12-11-,15-14-/t49-,51+,52?,53+,54-,55+,56+,57+,58-/m1/s1. The van der Waals surface area contributed by atoms with E-state index in [4.69, 9.17) is 23.7 Å². The molecule has 370 valence electrons. The van der Waals surface area contributed by atoms with E-state index in [1.807, 2.05) is 0 Å². The van der Waals surface area contributed by atoms with Gasteiger partial charge in [0, 0.05) is 26.2 Å². The van der Waals surface area contributed by atoms with Crippen LogP contribution in [0.2, 0.25) is 0 Å². The van der Waals surface area contributed by atoms with Gasteiger partial charge in [-0.1, -0.05) is 148 Å². The molecule has 1 unspecified atom stereocenters. The average molecular weight is 894 g/mol. The van der Waals surface area contributed by atoms with Crippen molar-refractivity contribution in [2.24, 2.45) is 46.3 Å². The van der Waals surface area contributed by atoms with Gasteiger partial charge in [-0.05, 0) is 136 Å². The summed E-state index contributed by atoms with van der Waals surface area (Å²) in [5, 5.41) is 0. The lowest BCUT2D eigenvalue weighted by Crippen LogP contribution is -2.51. The summed E-state index contributed by atoms with van der Waals surface area (Å²) in [7, 11) is 0. The van der Waals surface area contributed by atoms with Crippen molar-refractivity contribution < 1.29 is 23.7 Å². The molecular weight excluding hydrogens is 791 g/mol. The van der Waals surface area contributed by atoms with Crippen LogP contribution in [0.25, 0.3) is 0 Å². The summed E-state index contributed by atoms with van der Waals surface area (Å²) in [4.78, 5) is 2.46. The normalized spacial score (nSPS) is 29.6. The molecule has 6 heteroatoms. The molecular formula is C58H103NO5. The highest BCUT2D eigenvalue weighted by molar-refractivity contribution is 5.25. The maximum Gasteiger partial charge on any atom is 0.0936 e. The van der Waals surface area contributed by atoms with E-state index in [1.54, 1.807) is 5.57 Å². The summed E-state index contributed by atoms with van der Waals surface area (Å²) in [6.07, 6.45) is 45.6. The van der Waals surface area contributed by atoms with Crippen LogP contribution in [-0.4, -0.2) is 89.6 Å². The van der Waals surface area contributed by atoms with Crippen LogP contribution < -0.4 is 0 Å². The first kappa shape index (κ1) is 53.9. The Kier molecular flexibility index (Phi) is 25.7. The zero-order valence-electron chi connectivity index (χ0n) is 42.9. The van der Waals surface area contributed by atoms with E-state index in [-0.39, 0.29) is 6.10 Å². The SMILES string of the molecule is CCCCC/C=C\C/C=C\CCCCCCCCCCOCC(CN1CCOCC1)OCCOCCO[C@H]1CC[C@@]2(C)C(=CC[C@H]3[C@@H]4CC[C@H]([C@H](C)CCCC(C)C)[C@@]4(C)CC[C@@H]32)C1. The van der Waals surface area contributed by atoms with Gasteiger partial charge in [-0.3, -0.25) is 4.90 Å². The quantitative estimate of drug-likeness (QED) is 0.0474. The Morgan fingerprint density at radius 2 is 1.44 bits per heavy atom. The number of morpholine rings is 1. The lowest BCUT2D eigenvalue weighted by Gasteiger charge is -2.58. The molecule has 5 rings (SSSR count). The summed E-state index contributed by atoms with van der Waals surface area (Å²) in [6, 6.07) is 0. The largest absolute Gasteiger partial charge is 0.379 e. The van der Waals surface area contributed by atoms with Gasteiger partial charge in [0.25, 0.3) is 0 Å². The van der Waals surface area contributed by atoms with Gasteiger partial charge >= 0.3 is 0 Å². The summed E-state index contributed by atoms with van der Waals surface area (Å²) in [5.41, 5.74) is 2.67. The van der Waals surface area contributed by atoms with Gasteiger partial charge in [0.2, 0.25) is 0 Å². The van der Waals surface area contributed by atoms with Crippen molar-refractivity contribution in [2.45, 2.75) is 214 Å². The number of allylic oxidation sites excluding steroid dienone is 5. The fraction of sp³-hybridized carbons (Fsp3) is 0.897. The highest BCUT2D eigenvalue weighted by Crippen LogP contribution is 2.67. The first-order chi connectivity index (χ1) is 31.2. The van der Waals surface area contributed by atoms with Crippen molar-refractivity contribution in [3.05, 3.63) is 36.0 Å². The minimum absolute atomic E-state index is 0.0656. The summed E-state index contributed by atoms with van der Waals surface area (Å²) >= 11 is 0. The zero-order chi connectivity index (χ0) is 45.3. The number of ether oxygens (including phenoxy) is 5. The van der Waals surface area contributed by atoms with Crippen LogP contribution in [0.5, 0.6) is 0 Å². The number of rotatable bonds is 34. The molecule has 0 aromatic carbocycles. The van der Waals surface area contributed by atoms with Gasteiger partial charge < -0.3 is 23.7 Å². The lowest BCUT2D eigenvalue weighted by molar-refractivity contribution is -0.0761. The molecule has 4 aliphatic carbocycles. The molecule has 6 nitrogen and oxygen atoms in total. The van der Waals surface area contributed by atoms with Crippen LogP contribution in [0, 0.1) is 46.3 Å². The van der Waals surface area contributed by atoms with Gasteiger partial charge in [0.15, 0.2) is 0 Å². The molecule has 0 amide bonds. The van der Waals surface area contributed by atoms with Gasteiger partial charge in [0.1, 0.15) is 0 Å². The van der Waals surface area contributed by atoms with E-state index in [9.17, 15) is 0 Å². The predicted octanol–water partition coefficient (Wildman–Crippen LogP) is 14.8. The van der Waals surface area contributed by atoms with E-state index in [2.05, 4.69) is 76.8 Å². The van der Waals surface area contributed by atoms with Crippen molar-refractivity contribution in [1.29, 1.82) is 0 Å². The van der Waals surface area contributed by atoms with Crippen LogP contribution in [0.4, 0.5) is 0 Å². The van der Waals surface area contributed by atoms with Gasteiger partial charge in [-0.25, -0.2) is 0 Å². The molecule has 3 saturated carbocycles. The molecule has 5 aliphatic rings. The molecule has 0 radical (unpaired) electrons. The number of unbranched alkanes of at least 4 members (excludes halogenated alkanes) is 11. The van der Waals surface area contributed by atoms with Crippen LogP contribution in [0.3, 0.4) is 0 Å². The monoisotopic (exact) mass is 894 g/mol. The minimum Gasteiger partial charge on any atom is -0.379 e. The number of hydrogen-bond acceptors (Lipinski definition) is 6. The zero-order valence-corrected chi connectivity index (χ0v) is 42.9. The molecule has 64 heavy (non-hydrogen) atoms. The Hall–Kier alpha value is -1.02. The van der Waals surface area contributed by atoms with Crippen molar-refractivity contribution in [2.75, 3.05) is 72.5 Å². The second-order valence-corrected chi connectivity index (χ2v) is 22.4. The van der Waals surface area contributed by atoms with Crippen molar-refractivity contribution in [1.82, 2.24) is 4.90 Å². The van der Waals surface area contributed by atoms with E-state index in [1.165, 1.54) is 141 Å². The maximum atomic E-state index is 6.52. The highest BCUT2D eigenvalue weighted by Gasteiger charge is 2.59. The van der Waals surface area contributed by atoms with E-state index >= 15 is 0 Å². The van der Waals surface area contributed by atoms with Crippen molar-refractivity contribution in [3.63, 3.8) is 0 Å². The summed E-state index contributed by atoms with van der Waals surface area (Å²) < 4.78 is 30.8. The molecule has 0 N–H and O–H groups in total. The fourth-order valence-electron chi connectivity index (χ4n) is 13.4. The topological polar surface area (TPSA) is 49.4 Å².